The normalized spacial score (nSPS) is 12.6. The maximum atomic E-state index is 5.99. The molecule has 0 saturated carbocycles. The second-order valence-electron chi connectivity index (χ2n) is 4.95. The fourth-order valence-electron chi connectivity index (χ4n) is 2.29. The summed E-state index contributed by atoms with van der Waals surface area (Å²) in [6.45, 7) is 0.705. The molecule has 0 amide bonds. The number of rotatable bonds is 3. The maximum Gasteiger partial charge on any atom is 0.231 e. The van der Waals surface area contributed by atoms with Gasteiger partial charge >= 0.3 is 0 Å². The minimum atomic E-state index is 0.242. The van der Waals surface area contributed by atoms with Crippen molar-refractivity contribution in [1.29, 1.82) is 0 Å². The standard InChI is InChI=1S/C15H10BrClN4O2/c16-12-6-14-13(22-8-23-14)5-10(12)7-21-19-15(18-20-21)9-2-1-3-11(17)4-9/h1-6H,7-8H2. The van der Waals surface area contributed by atoms with E-state index in [2.05, 4.69) is 31.3 Å². The van der Waals surface area contributed by atoms with Crippen molar-refractivity contribution in [2.24, 2.45) is 0 Å². The Morgan fingerprint density at radius 2 is 2.00 bits per heavy atom. The van der Waals surface area contributed by atoms with Crippen LogP contribution < -0.4 is 9.47 Å². The van der Waals surface area contributed by atoms with Crippen LogP contribution in [0.1, 0.15) is 5.56 Å². The molecule has 4 rings (SSSR count). The number of hydrogen-bond donors (Lipinski definition) is 0. The van der Waals surface area contributed by atoms with Gasteiger partial charge in [0.15, 0.2) is 11.5 Å². The molecule has 0 N–H and O–H groups in total. The number of hydrogen-bond acceptors (Lipinski definition) is 5. The van der Waals surface area contributed by atoms with Crippen LogP contribution in [0, 0.1) is 0 Å². The number of benzene rings is 2. The lowest BCUT2D eigenvalue weighted by molar-refractivity contribution is 0.174. The molecule has 23 heavy (non-hydrogen) atoms. The maximum absolute atomic E-state index is 5.99. The van der Waals surface area contributed by atoms with Crippen molar-refractivity contribution in [2.45, 2.75) is 6.54 Å². The Labute approximate surface area is 145 Å². The quantitative estimate of drug-likeness (QED) is 0.681. The molecule has 0 aliphatic carbocycles. The second-order valence-corrected chi connectivity index (χ2v) is 6.24. The third-order valence-corrected chi connectivity index (χ3v) is 4.36. The molecule has 0 saturated heterocycles. The van der Waals surface area contributed by atoms with Crippen molar-refractivity contribution in [3.63, 3.8) is 0 Å². The molecule has 116 valence electrons. The summed E-state index contributed by atoms with van der Waals surface area (Å²) in [6.07, 6.45) is 0. The topological polar surface area (TPSA) is 62.1 Å². The molecular formula is C15H10BrClN4O2. The van der Waals surface area contributed by atoms with Crippen molar-refractivity contribution >= 4 is 27.5 Å². The van der Waals surface area contributed by atoms with E-state index in [1.807, 2.05) is 24.3 Å². The van der Waals surface area contributed by atoms with Crippen LogP contribution in [0.2, 0.25) is 5.02 Å². The van der Waals surface area contributed by atoms with E-state index in [0.717, 1.165) is 27.1 Å². The first-order valence-electron chi connectivity index (χ1n) is 6.81. The fraction of sp³-hybridized carbons (Fsp3) is 0.133. The van der Waals surface area contributed by atoms with Crippen LogP contribution in [-0.4, -0.2) is 27.0 Å². The number of tetrazole rings is 1. The number of aromatic nitrogens is 4. The number of ether oxygens (including phenoxy) is 2. The van der Waals surface area contributed by atoms with E-state index in [0.29, 0.717) is 17.4 Å². The first-order chi connectivity index (χ1) is 11.2. The molecule has 0 unspecified atom stereocenters. The van der Waals surface area contributed by atoms with E-state index in [9.17, 15) is 0 Å². The molecule has 0 radical (unpaired) electrons. The molecule has 1 aromatic heterocycles. The minimum Gasteiger partial charge on any atom is -0.454 e. The average Bonchev–Trinajstić information content (AvgIpc) is 3.17. The van der Waals surface area contributed by atoms with Crippen molar-refractivity contribution in [3.8, 4) is 22.9 Å². The second kappa shape index (κ2) is 5.82. The van der Waals surface area contributed by atoms with Gasteiger partial charge in [0.2, 0.25) is 12.6 Å². The van der Waals surface area contributed by atoms with Gasteiger partial charge in [-0.2, -0.15) is 4.80 Å². The van der Waals surface area contributed by atoms with Crippen LogP contribution in [0.4, 0.5) is 0 Å². The van der Waals surface area contributed by atoms with Gasteiger partial charge in [-0.25, -0.2) is 0 Å². The van der Waals surface area contributed by atoms with Gasteiger partial charge in [-0.15, -0.1) is 10.2 Å². The zero-order valence-corrected chi connectivity index (χ0v) is 14.1. The lowest BCUT2D eigenvalue weighted by atomic mass is 10.2. The first-order valence-corrected chi connectivity index (χ1v) is 7.98. The zero-order valence-electron chi connectivity index (χ0n) is 11.7. The van der Waals surface area contributed by atoms with E-state index < -0.39 is 0 Å². The molecule has 0 spiro atoms. The molecule has 0 bridgehead atoms. The van der Waals surface area contributed by atoms with Crippen LogP contribution in [0.3, 0.4) is 0 Å². The highest BCUT2D eigenvalue weighted by molar-refractivity contribution is 9.10. The predicted octanol–water partition coefficient (Wildman–Crippen LogP) is 3.53. The van der Waals surface area contributed by atoms with Gasteiger partial charge in [0.05, 0.1) is 6.54 Å². The van der Waals surface area contributed by atoms with Gasteiger partial charge in [0, 0.05) is 15.1 Å². The van der Waals surface area contributed by atoms with Gasteiger partial charge < -0.3 is 9.47 Å². The van der Waals surface area contributed by atoms with E-state index in [1.54, 1.807) is 12.1 Å². The Kier molecular flexibility index (Phi) is 3.66. The first kappa shape index (κ1) is 14.5. The largest absolute Gasteiger partial charge is 0.454 e. The van der Waals surface area contributed by atoms with Crippen LogP contribution in [0.25, 0.3) is 11.4 Å². The Morgan fingerprint density at radius 3 is 2.83 bits per heavy atom. The number of nitrogens with zero attached hydrogens (tertiary/aromatic N) is 4. The summed E-state index contributed by atoms with van der Waals surface area (Å²) in [7, 11) is 0. The zero-order chi connectivity index (χ0) is 15.8. The SMILES string of the molecule is Clc1cccc(-c2nnn(Cc3cc4c(cc3Br)OCO4)n2)c1. The summed E-state index contributed by atoms with van der Waals surface area (Å²) in [5, 5.41) is 13.2. The van der Waals surface area contributed by atoms with Gasteiger partial charge in [-0.05, 0) is 35.0 Å². The molecule has 3 aromatic rings. The third-order valence-electron chi connectivity index (χ3n) is 3.39. The predicted molar refractivity (Wildman–Crippen MR) is 87.6 cm³/mol. The molecule has 1 aliphatic rings. The smallest absolute Gasteiger partial charge is 0.231 e. The molecule has 0 atom stereocenters. The Morgan fingerprint density at radius 1 is 1.17 bits per heavy atom. The Hall–Kier alpha value is -2.12. The van der Waals surface area contributed by atoms with Gasteiger partial charge in [-0.1, -0.05) is 39.7 Å². The summed E-state index contributed by atoms with van der Waals surface area (Å²) in [6, 6.07) is 11.1. The minimum absolute atomic E-state index is 0.242. The summed E-state index contributed by atoms with van der Waals surface area (Å²) in [5.41, 5.74) is 1.80. The Bertz CT molecular complexity index is 884. The van der Waals surface area contributed by atoms with Crippen LogP contribution in [0.5, 0.6) is 11.5 Å². The summed E-state index contributed by atoms with van der Waals surface area (Å²) in [5.74, 6) is 1.98. The van der Waals surface area contributed by atoms with Crippen LogP contribution >= 0.6 is 27.5 Å². The highest BCUT2D eigenvalue weighted by Crippen LogP contribution is 2.37. The van der Waals surface area contributed by atoms with E-state index in [1.165, 1.54) is 4.80 Å². The number of halogens is 2. The van der Waals surface area contributed by atoms with Crippen LogP contribution in [0.15, 0.2) is 40.9 Å². The van der Waals surface area contributed by atoms with Crippen molar-refractivity contribution in [1.82, 2.24) is 20.2 Å². The van der Waals surface area contributed by atoms with Crippen molar-refractivity contribution in [2.75, 3.05) is 6.79 Å². The lowest BCUT2D eigenvalue weighted by Crippen LogP contribution is -2.04. The average molecular weight is 394 g/mol. The third kappa shape index (κ3) is 2.89. The molecule has 0 fully saturated rings. The summed E-state index contributed by atoms with van der Waals surface area (Å²) in [4.78, 5) is 1.53. The highest BCUT2D eigenvalue weighted by atomic mass is 79.9. The molecule has 8 heteroatoms. The summed E-state index contributed by atoms with van der Waals surface area (Å²) < 4.78 is 11.6. The van der Waals surface area contributed by atoms with Crippen LogP contribution in [-0.2, 0) is 6.54 Å². The fourth-order valence-corrected chi connectivity index (χ4v) is 2.92. The monoisotopic (exact) mass is 392 g/mol. The van der Waals surface area contributed by atoms with E-state index in [4.69, 9.17) is 21.1 Å². The molecule has 2 aromatic carbocycles. The van der Waals surface area contributed by atoms with Crippen molar-refractivity contribution in [3.05, 3.63) is 51.5 Å². The molecule has 6 nitrogen and oxygen atoms in total. The molecule has 2 heterocycles. The van der Waals surface area contributed by atoms with Crippen molar-refractivity contribution < 1.29 is 9.47 Å². The van der Waals surface area contributed by atoms with E-state index in [-0.39, 0.29) is 6.79 Å². The van der Waals surface area contributed by atoms with Gasteiger partial charge in [0.1, 0.15) is 0 Å². The highest BCUT2D eigenvalue weighted by Gasteiger charge is 2.17. The summed E-state index contributed by atoms with van der Waals surface area (Å²) >= 11 is 9.52. The molecule has 1 aliphatic heterocycles. The van der Waals surface area contributed by atoms with Gasteiger partial charge in [-0.3, -0.25) is 0 Å². The van der Waals surface area contributed by atoms with E-state index >= 15 is 0 Å². The lowest BCUT2D eigenvalue weighted by Gasteiger charge is -2.05. The molecular weight excluding hydrogens is 384 g/mol. The number of fused-ring (bicyclic) bond motifs is 1. The van der Waals surface area contributed by atoms with Gasteiger partial charge in [0.25, 0.3) is 0 Å². The Balaban J connectivity index is 1.61.